The van der Waals surface area contributed by atoms with Gasteiger partial charge in [-0.3, -0.25) is 4.79 Å². The number of carbonyl (C=O) groups is 1. The monoisotopic (exact) mass is 387 g/mol. The van der Waals surface area contributed by atoms with Crippen molar-refractivity contribution < 1.29 is 27.4 Å². The van der Waals surface area contributed by atoms with Crippen LogP contribution in [0.15, 0.2) is 18.3 Å². The van der Waals surface area contributed by atoms with Crippen LogP contribution in [0.4, 0.5) is 19.0 Å². The Morgan fingerprint density at radius 2 is 2.07 bits per heavy atom. The molecule has 1 saturated heterocycles. The number of ether oxygens (including phenoxy) is 2. The molecule has 1 aromatic heterocycles. The van der Waals surface area contributed by atoms with Crippen LogP contribution in [0.5, 0.6) is 0 Å². The van der Waals surface area contributed by atoms with Gasteiger partial charge in [-0.05, 0) is 37.8 Å². The number of anilines is 1. The maximum Gasteiger partial charge on any atom is 0.411 e. The van der Waals surface area contributed by atoms with Gasteiger partial charge < -0.3 is 19.7 Å². The number of amides is 1. The standard InChI is InChI=1S/C18H24F3N3O3/c19-18(20,21)12-27-15-3-1-2-14(10-15)23-17(25)13-4-5-16(22-11-13)24-6-8-26-9-7-24/h4-5,11,14-15H,1-3,6-10,12H2,(H,23,25)/t14-,15-/m0/s1. The molecule has 0 bridgehead atoms. The van der Waals surface area contributed by atoms with Crippen molar-refractivity contribution in [2.24, 2.45) is 0 Å². The highest BCUT2D eigenvalue weighted by Gasteiger charge is 2.31. The van der Waals surface area contributed by atoms with Crippen LogP contribution < -0.4 is 10.2 Å². The molecule has 1 saturated carbocycles. The summed E-state index contributed by atoms with van der Waals surface area (Å²) in [6, 6.07) is 3.33. The van der Waals surface area contributed by atoms with E-state index in [2.05, 4.69) is 15.2 Å². The molecule has 0 aromatic carbocycles. The van der Waals surface area contributed by atoms with Gasteiger partial charge in [0.25, 0.3) is 5.91 Å². The topological polar surface area (TPSA) is 63.7 Å². The summed E-state index contributed by atoms with van der Waals surface area (Å²) in [5.74, 6) is 0.533. The number of carbonyl (C=O) groups excluding carboxylic acids is 1. The number of morpholine rings is 1. The van der Waals surface area contributed by atoms with Gasteiger partial charge >= 0.3 is 6.18 Å². The second-order valence-corrected chi connectivity index (χ2v) is 6.89. The number of nitrogens with zero attached hydrogens (tertiary/aromatic N) is 2. The Bertz CT molecular complexity index is 619. The van der Waals surface area contributed by atoms with Gasteiger partial charge in [0.2, 0.25) is 0 Å². The van der Waals surface area contributed by atoms with Crippen LogP contribution in [0.3, 0.4) is 0 Å². The predicted octanol–water partition coefficient (Wildman–Crippen LogP) is 2.54. The molecular formula is C18H24F3N3O3. The highest BCUT2D eigenvalue weighted by Crippen LogP contribution is 2.24. The Kier molecular flexibility index (Phi) is 6.54. The molecule has 2 aliphatic rings. The molecule has 27 heavy (non-hydrogen) atoms. The average Bonchev–Trinajstić information content (AvgIpc) is 2.67. The molecule has 0 radical (unpaired) electrons. The van der Waals surface area contributed by atoms with E-state index in [9.17, 15) is 18.0 Å². The van der Waals surface area contributed by atoms with E-state index in [0.717, 1.165) is 31.7 Å². The van der Waals surface area contributed by atoms with E-state index < -0.39 is 18.9 Å². The van der Waals surface area contributed by atoms with Crippen molar-refractivity contribution in [2.75, 3.05) is 37.8 Å². The lowest BCUT2D eigenvalue weighted by molar-refractivity contribution is -0.188. The van der Waals surface area contributed by atoms with Crippen molar-refractivity contribution in [1.29, 1.82) is 0 Å². The average molecular weight is 387 g/mol. The molecule has 1 amide bonds. The summed E-state index contributed by atoms with van der Waals surface area (Å²) in [5.41, 5.74) is 0.436. The van der Waals surface area contributed by atoms with Crippen LogP contribution in [0.2, 0.25) is 0 Å². The van der Waals surface area contributed by atoms with Crippen molar-refractivity contribution >= 4 is 11.7 Å². The van der Waals surface area contributed by atoms with Gasteiger partial charge in [-0.15, -0.1) is 0 Å². The first-order valence-electron chi connectivity index (χ1n) is 9.19. The van der Waals surface area contributed by atoms with Crippen LogP contribution >= 0.6 is 0 Å². The highest BCUT2D eigenvalue weighted by molar-refractivity contribution is 5.94. The van der Waals surface area contributed by atoms with Gasteiger partial charge in [0.15, 0.2) is 0 Å². The lowest BCUT2D eigenvalue weighted by atomic mass is 9.92. The molecule has 1 N–H and O–H groups in total. The van der Waals surface area contributed by atoms with Crippen LogP contribution in [-0.4, -0.2) is 62.1 Å². The van der Waals surface area contributed by atoms with Gasteiger partial charge in [0.05, 0.1) is 24.9 Å². The van der Waals surface area contributed by atoms with Crippen molar-refractivity contribution in [3.05, 3.63) is 23.9 Å². The molecule has 2 atom stereocenters. The molecule has 3 rings (SSSR count). The zero-order valence-electron chi connectivity index (χ0n) is 15.0. The van der Waals surface area contributed by atoms with E-state index in [-0.39, 0.29) is 11.9 Å². The van der Waals surface area contributed by atoms with E-state index in [1.165, 1.54) is 6.20 Å². The summed E-state index contributed by atoms with van der Waals surface area (Å²) >= 11 is 0. The fourth-order valence-electron chi connectivity index (χ4n) is 3.41. The van der Waals surface area contributed by atoms with Gasteiger partial charge in [0.1, 0.15) is 12.4 Å². The number of aromatic nitrogens is 1. The normalized spacial score (nSPS) is 23.9. The van der Waals surface area contributed by atoms with Crippen molar-refractivity contribution in [3.8, 4) is 0 Å². The third kappa shape index (κ3) is 6.07. The minimum atomic E-state index is -4.33. The fraction of sp³-hybridized carbons (Fsp3) is 0.667. The van der Waals surface area contributed by atoms with Gasteiger partial charge in [-0.25, -0.2) is 4.98 Å². The first-order valence-corrected chi connectivity index (χ1v) is 9.19. The number of pyridine rings is 1. The summed E-state index contributed by atoms with van der Waals surface area (Å²) < 4.78 is 47.1. The smallest absolute Gasteiger partial charge is 0.378 e. The third-order valence-corrected chi connectivity index (χ3v) is 4.79. The molecule has 1 aromatic rings. The summed E-state index contributed by atoms with van der Waals surface area (Å²) in [5, 5.41) is 2.89. The molecule has 0 unspecified atom stereocenters. The number of hydrogen-bond acceptors (Lipinski definition) is 5. The van der Waals surface area contributed by atoms with Crippen molar-refractivity contribution in [2.45, 2.75) is 44.0 Å². The maximum atomic E-state index is 12.4. The number of alkyl halides is 3. The number of rotatable bonds is 5. The van der Waals surface area contributed by atoms with E-state index in [0.29, 0.717) is 31.6 Å². The summed E-state index contributed by atoms with van der Waals surface area (Å²) in [6.45, 7) is 1.59. The predicted molar refractivity (Wildman–Crippen MR) is 92.8 cm³/mol. The summed E-state index contributed by atoms with van der Waals surface area (Å²) in [7, 11) is 0. The van der Waals surface area contributed by atoms with Gasteiger partial charge in [-0.1, -0.05) is 0 Å². The molecule has 2 fully saturated rings. The Hall–Kier alpha value is -1.87. The maximum absolute atomic E-state index is 12.4. The zero-order valence-corrected chi connectivity index (χ0v) is 15.0. The third-order valence-electron chi connectivity index (χ3n) is 4.79. The van der Waals surface area contributed by atoms with Crippen LogP contribution in [-0.2, 0) is 9.47 Å². The molecule has 9 heteroatoms. The zero-order chi connectivity index (χ0) is 19.3. The molecule has 6 nitrogen and oxygen atoms in total. The molecule has 1 aliphatic carbocycles. The van der Waals surface area contributed by atoms with E-state index in [1.807, 2.05) is 0 Å². The minimum Gasteiger partial charge on any atom is -0.378 e. The Balaban J connectivity index is 1.50. The molecule has 0 spiro atoms. The highest BCUT2D eigenvalue weighted by atomic mass is 19.4. The quantitative estimate of drug-likeness (QED) is 0.841. The van der Waals surface area contributed by atoms with Gasteiger partial charge in [0, 0.05) is 25.3 Å². The van der Waals surface area contributed by atoms with E-state index in [1.54, 1.807) is 12.1 Å². The Morgan fingerprint density at radius 1 is 1.30 bits per heavy atom. The summed E-state index contributed by atoms with van der Waals surface area (Å²) in [4.78, 5) is 18.9. The molecule has 2 heterocycles. The molecule has 1 aliphatic heterocycles. The Morgan fingerprint density at radius 3 is 2.74 bits per heavy atom. The summed E-state index contributed by atoms with van der Waals surface area (Å²) in [6.07, 6.45) is -0.852. The number of halogens is 3. The fourth-order valence-corrected chi connectivity index (χ4v) is 3.41. The van der Waals surface area contributed by atoms with Gasteiger partial charge in [-0.2, -0.15) is 13.2 Å². The van der Waals surface area contributed by atoms with Crippen molar-refractivity contribution in [3.63, 3.8) is 0 Å². The van der Waals surface area contributed by atoms with Crippen LogP contribution in [0.25, 0.3) is 0 Å². The lowest BCUT2D eigenvalue weighted by Gasteiger charge is -2.30. The van der Waals surface area contributed by atoms with Crippen LogP contribution in [0, 0.1) is 0 Å². The van der Waals surface area contributed by atoms with E-state index >= 15 is 0 Å². The van der Waals surface area contributed by atoms with Crippen LogP contribution in [0.1, 0.15) is 36.0 Å². The van der Waals surface area contributed by atoms with E-state index in [4.69, 9.17) is 9.47 Å². The first-order chi connectivity index (χ1) is 12.9. The lowest BCUT2D eigenvalue weighted by Crippen LogP contribution is -2.41. The molecule has 150 valence electrons. The minimum absolute atomic E-state index is 0.191. The largest absolute Gasteiger partial charge is 0.411 e. The SMILES string of the molecule is O=C(N[C@H]1CCC[C@H](OCC(F)(F)F)C1)c1ccc(N2CCOCC2)nc1. The molecular weight excluding hydrogens is 363 g/mol. The van der Waals surface area contributed by atoms with Crippen molar-refractivity contribution in [1.82, 2.24) is 10.3 Å². The number of hydrogen-bond donors (Lipinski definition) is 1. The second-order valence-electron chi connectivity index (χ2n) is 6.89. The number of nitrogens with one attached hydrogen (secondary N) is 1. The second kappa shape index (κ2) is 8.88. The Labute approximate surface area is 156 Å². The first kappa shape index (κ1) is 19.9.